The van der Waals surface area contributed by atoms with Crippen LogP contribution in [0.15, 0.2) is 18.7 Å². The number of hydrogen-bond donors (Lipinski definition) is 0. The van der Waals surface area contributed by atoms with E-state index in [1.807, 2.05) is 0 Å². The summed E-state index contributed by atoms with van der Waals surface area (Å²) in [6.45, 7) is 3.51. The van der Waals surface area contributed by atoms with Crippen molar-refractivity contribution in [2.45, 2.75) is 0 Å². The highest BCUT2D eigenvalue weighted by molar-refractivity contribution is 6.35. The van der Waals surface area contributed by atoms with E-state index in [0.29, 0.717) is 5.02 Å². The van der Waals surface area contributed by atoms with Crippen LogP contribution < -0.4 is 0 Å². The lowest BCUT2D eigenvalue weighted by atomic mass is 10.2. The van der Waals surface area contributed by atoms with Crippen LogP contribution in [0.2, 0.25) is 10.0 Å². The quantitative estimate of drug-likeness (QED) is 0.545. The third kappa shape index (κ3) is 2.14. The predicted molar refractivity (Wildman–Crippen MR) is 52.5 cm³/mol. The van der Waals surface area contributed by atoms with Gasteiger partial charge < -0.3 is 4.74 Å². The fourth-order valence-corrected chi connectivity index (χ4v) is 1.36. The van der Waals surface area contributed by atoms with Crippen LogP contribution in [-0.4, -0.2) is 7.11 Å². The summed E-state index contributed by atoms with van der Waals surface area (Å²) in [6, 6.07) is 2.74. The molecule has 0 aromatic heterocycles. The second-order valence-electron chi connectivity index (χ2n) is 2.38. The van der Waals surface area contributed by atoms with E-state index in [4.69, 9.17) is 27.9 Å². The van der Waals surface area contributed by atoms with Crippen LogP contribution in [0.4, 0.5) is 4.39 Å². The molecule has 0 bridgehead atoms. The molecule has 0 N–H and O–H groups in total. The van der Waals surface area contributed by atoms with Crippen LogP contribution in [0.25, 0.3) is 5.76 Å². The van der Waals surface area contributed by atoms with Crippen LogP contribution in [0.5, 0.6) is 0 Å². The molecule has 0 aliphatic heterocycles. The van der Waals surface area contributed by atoms with E-state index < -0.39 is 5.82 Å². The maximum atomic E-state index is 13.3. The molecule has 13 heavy (non-hydrogen) atoms. The smallest absolute Gasteiger partial charge is 0.152 e. The molecular weight excluding hydrogens is 214 g/mol. The highest BCUT2D eigenvalue weighted by Gasteiger charge is 2.11. The molecule has 1 nitrogen and oxygen atoms in total. The maximum Gasteiger partial charge on any atom is 0.152 e. The average molecular weight is 221 g/mol. The second kappa shape index (κ2) is 3.99. The van der Waals surface area contributed by atoms with Gasteiger partial charge in [-0.25, -0.2) is 4.39 Å². The third-order valence-corrected chi connectivity index (χ3v) is 2.03. The zero-order valence-corrected chi connectivity index (χ0v) is 8.42. The molecule has 0 saturated heterocycles. The first-order valence-electron chi connectivity index (χ1n) is 3.44. The van der Waals surface area contributed by atoms with Gasteiger partial charge in [0.15, 0.2) is 5.82 Å². The van der Waals surface area contributed by atoms with Crippen LogP contribution in [-0.2, 0) is 4.74 Å². The molecule has 0 radical (unpaired) electrons. The summed E-state index contributed by atoms with van der Waals surface area (Å²) < 4.78 is 18.1. The molecule has 1 aromatic carbocycles. The van der Waals surface area contributed by atoms with Gasteiger partial charge in [0, 0.05) is 5.02 Å². The summed E-state index contributed by atoms with van der Waals surface area (Å²) in [7, 11) is 1.40. The Morgan fingerprint density at radius 2 is 2.08 bits per heavy atom. The molecule has 70 valence electrons. The van der Waals surface area contributed by atoms with Gasteiger partial charge in [-0.15, -0.1) is 0 Å². The summed E-state index contributed by atoms with van der Waals surface area (Å²) in [4.78, 5) is 0. The SMILES string of the molecule is C=C(OC)c1cc(Cl)cc(Cl)c1F. The fourth-order valence-electron chi connectivity index (χ4n) is 0.869. The van der Waals surface area contributed by atoms with E-state index >= 15 is 0 Å². The van der Waals surface area contributed by atoms with Crippen molar-refractivity contribution in [3.8, 4) is 0 Å². The lowest BCUT2D eigenvalue weighted by molar-refractivity contribution is 0.368. The zero-order chi connectivity index (χ0) is 10.0. The molecular formula is C9H7Cl2FO. The Bertz CT molecular complexity index is 350. The molecule has 0 heterocycles. The van der Waals surface area contributed by atoms with Gasteiger partial charge in [0.05, 0.1) is 17.7 Å². The van der Waals surface area contributed by atoms with Gasteiger partial charge in [-0.3, -0.25) is 0 Å². The Hall–Kier alpha value is -0.730. The van der Waals surface area contributed by atoms with Crippen molar-refractivity contribution < 1.29 is 9.13 Å². The second-order valence-corrected chi connectivity index (χ2v) is 3.22. The molecule has 0 atom stereocenters. The lowest BCUT2D eigenvalue weighted by Gasteiger charge is -2.07. The highest BCUT2D eigenvalue weighted by atomic mass is 35.5. The number of benzene rings is 1. The number of rotatable bonds is 2. The highest BCUT2D eigenvalue weighted by Crippen LogP contribution is 2.27. The van der Waals surface area contributed by atoms with Gasteiger partial charge in [-0.05, 0) is 12.1 Å². The van der Waals surface area contributed by atoms with Gasteiger partial charge in [0.1, 0.15) is 5.76 Å². The van der Waals surface area contributed by atoms with Crippen molar-refractivity contribution in [3.05, 3.63) is 40.1 Å². The Kier molecular flexibility index (Phi) is 3.17. The predicted octanol–water partition coefficient (Wildman–Crippen LogP) is 3.75. The van der Waals surface area contributed by atoms with E-state index in [9.17, 15) is 4.39 Å². The Balaban J connectivity index is 3.28. The molecule has 0 saturated carbocycles. The first-order valence-corrected chi connectivity index (χ1v) is 4.19. The Morgan fingerprint density at radius 3 is 2.62 bits per heavy atom. The zero-order valence-electron chi connectivity index (χ0n) is 6.90. The molecule has 0 aliphatic carbocycles. The van der Waals surface area contributed by atoms with E-state index in [1.54, 1.807) is 0 Å². The minimum Gasteiger partial charge on any atom is -0.497 e. The molecule has 0 spiro atoms. The van der Waals surface area contributed by atoms with Gasteiger partial charge in [0.25, 0.3) is 0 Å². The van der Waals surface area contributed by atoms with E-state index in [1.165, 1.54) is 19.2 Å². The standard InChI is InChI=1S/C9H7Cl2FO/c1-5(13-2)7-3-6(10)4-8(11)9(7)12/h3-4H,1H2,2H3. The molecule has 1 aromatic rings. The van der Waals surface area contributed by atoms with Crippen LogP contribution >= 0.6 is 23.2 Å². The largest absolute Gasteiger partial charge is 0.497 e. The van der Waals surface area contributed by atoms with Gasteiger partial charge in [0.2, 0.25) is 0 Å². The molecule has 0 aliphatic rings. The Labute approximate surface area is 85.7 Å². The van der Waals surface area contributed by atoms with Crippen LogP contribution in [0.3, 0.4) is 0 Å². The van der Waals surface area contributed by atoms with Crippen LogP contribution in [0, 0.1) is 5.82 Å². The number of methoxy groups -OCH3 is 1. The number of halogens is 3. The molecule has 0 fully saturated rings. The van der Waals surface area contributed by atoms with Crippen molar-refractivity contribution >= 4 is 29.0 Å². The Morgan fingerprint density at radius 1 is 1.46 bits per heavy atom. The molecule has 0 amide bonds. The van der Waals surface area contributed by atoms with Gasteiger partial charge in [-0.1, -0.05) is 29.8 Å². The fraction of sp³-hybridized carbons (Fsp3) is 0.111. The number of ether oxygens (including phenoxy) is 1. The van der Waals surface area contributed by atoms with E-state index in [0.717, 1.165) is 0 Å². The average Bonchev–Trinajstić information content (AvgIpc) is 2.10. The van der Waals surface area contributed by atoms with Crippen molar-refractivity contribution in [1.29, 1.82) is 0 Å². The van der Waals surface area contributed by atoms with E-state index in [2.05, 4.69) is 6.58 Å². The van der Waals surface area contributed by atoms with Gasteiger partial charge >= 0.3 is 0 Å². The van der Waals surface area contributed by atoms with Crippen molar-refractivity contribution in [2.75, 3.05) is 7.11 Å². The first-order chi connectivity index (χ1) is 6.06. The minimum atomic E-state index is -0.571. The molecule has 0 unspecified atom stereocenters. The molecule has 1 rings (SSSR count). The third-order valence-electron chi connectivity index (χ3n) is 1.54. The van der Waals surface area contributed by atoms with E-state index in [-0.39, 0.29) is 16.3 Å². The lowest BCUT2D eigenvalue weighted by Crippen LogP contribution is -1.91. The number of hydrogen-bond acceptors (Lipinski definition) is 1. The summed E-state index contributed by atoms with van der Waals surface area (Å²) in [5.74, 6) is -0.375. The van der Waals surface area contributed by atoms with Crippen molar-refractivity contribution in [3.63, 3.8) is 0 Å². The molecule has 4 heteroatoms. The van der Waals surface area contributed by atoms with Gasteiger partial charge in [-0.2, -0.15) is 0 Å². The topological polar surface area (TPSA) is 9.23 Å². The summed E-state index contributed by atoms with van der Waals surface area (Å²) >= 11 is 11.2. The van der Waals surface area contributed by atoms with Crippen LogP contribution in [0.1, 0.15) is 5.56 Å². The first kappa shape index (κ1) is 10.4. The normalized spacial score (nSPS) is 9.85. The van der Waals surface area contributed by atoms with Crippen molar-refractivity contribution in [2.24, 2.45) is 0 Å². The summed E-state index contributed by atoms with van der Waals surface area (Å²) in [6.07, 6.45) is 0. The monoisotopic (exact) mass is 220 g/mol. The maximum absolute atomic E-state index is 13.3. The van der Waals surface area contributed by atoms with Crippen molar-refractivity contribution in [1.82, 2.24) is 0 Å². The minimum absolute atomic E-state index is 0.0410. The summed E-state index contributed by atoms with van der Waals surface area (Å²) in [5, 5.41) is 0.306. The summed E-state index contributed by atoms with van der Waals surface area (Å²) in [5.41, 5.74) is 0.181.